The van der Waals surface area contributed by atoms with E-state index in [9.17, 15) is 16.8 Å². The van der Waals surface area contributed by atoms with Gasteiger partial charge in [0, 0.05) is 6.20 Å². The Bertz CT molecular complexity index is 1200. The largest absolute Gasteiger partial charge is 0.481 e. The summed E-state index contributed by atoms with van der Waals surface area (Å²) in [5.74, 6) is -1.26. The summed E-state index contributed by atoms with van der Waals surface area (Å²) < 4.78 is 63.6. The van der Waals surface area contributed by atoms with Crippen molar-refractivity contribution in [2.24, 2.45) is 0 Å². The Morgan fingerprint density at radius 1 is 1.07 bits per heavy atom. The van der Waals surface area contributed by atoms with Gasteiger partial charge in [-0.1, -0.05) is 6.07 Å². The highest BCUT2D eigenvalue weighted by Gasteiger charge is 2.39. The molecule has 0 unspecified atom stereocenters. The van der Waals surface area contributed by atoms with Gasteiger partial charge < -0.3 is 9.47 Å². The maximum atomic E-state index is 13.3. The number of hydrogen-bond acceptors (Lipinski definition) is 9. The van der Waals surface area contributed by atoms with Gasteiger partial charge >= 0.3 is 0 Å². The zero-order valence-electron chi connectivity index (χ0n) is 15.2. The molecule has 3 rings (SSSR count). The van der Waals surface area contributed by atoms with E-state index >= 15 is 0 Å². The molecule has 13 heteroatoms. The van der Waals surface area contributed by atoms with Gasteiger partial charge in [-0.3, -0.25) is 4.40 Å². The molecule has 150 valence electrons. The molecule has 28 heavy (non-hydrogen) atoms. The molecule has 0 aliphatic heterocycles. The Kier molecular flexibility index (Phi) is 5.12. The van der Waals surface area contributed by atoms with Crippen molar-refractivity contribution in [1.82, 2.24) is 19.4 Å². The Hall–Kier alpha value is -2.93. The number of ether oxygens (including phenoxy) is 2. The predicted octanol–water partition coefficient (Wildman–Crippen LogP) is 0.686. The fourth-order valence-corrected chi connectivity index (χ4v) is 5.73. The van der Waals surface area contributed by atoms with Crippen LogP contribution in [0.2, 0.25) is 0 Å². The van der Waals surface area contributed by atoms with Crippen molar-refractivity contribution in [3.8, 4) is 11.8 Å². The Morgan fingerprint density at radius 2 is 1.71 bits per heavy atom. The molecular formula is C15H17N5O6S2. The van der Waals surface area contributed by atoms with Crippen LogP contribution >= 0.6 is 0 Å². The van der Waals surface area contributed by atoms with Gasteiger partial charge in [-0.25, -0.2) is 13.4 Å². The van der Waals surface area contributed by atoms with Crippen molar-refractivity contribution in [2.75, 3.05) is 23.7 Å². The lowest BCUT2D eigenvalue weighted by atomic mass is 10.5. The molecule has 0 saturated heterocycles. The van der Waals surface area contributed by atoms with Crippen LogP contribution in [-0.2, 0) is 20.0 Å². The number of pyridine rings is 1. The summed E-state index contributed by atoms with van der Waals surface area (Å²) in [5.41, 5.74) is 0.332. The molecule has 0 bridgehead atoms. The lowest BCUT2D eigenvalue weighted by Gasteiger charge is -2.21. The van der Waals surface area contributed by atoms with E-state index in [1.54, 1.807) is 18.2 Å². The number of anilines is 1. The summed E-state index contributed by atoms with van der Waals surface area (Å²) in [7, 11) is -6.41. The normalized spacial score (nSPS) is 12.1. The maximum absolute atomic E-state index is 13.3. The summed E-state index contributed by atoms with van der Waals surface area (Å²) in [6.45, 7) is 1.31. The Balaban J connectivity index is 2.30. The first-order valence-electron chi connectivity index (χ1n) is 7.92. The zero-order valence-corrected chi connectivity index (χ0v) is 16.8. The molecule has 0 amide bonds. The quantitative estimate of drug-likeness (QED) is 0.534. The van der Waals surface area contributed by atoms with Crippen LogP contribution in [0, 0.1) is 0 Å². The monoisotopic (exact) mass is 427 g/mol. The van der Waals surface area contributed by atoms with E-state index in [0.29, 0.717) is 5.65 Å². The molecule has 0 aliphatic carbocycles. The molecular weight excluding hydrogens is 410 g/mol. The van der Waals surface area contributed by atoms with Gasteiger partial charge in [-0.2, -0.15) is 18.4 Å². The fourth-order valence-electron chi connectivity index (χ4n) is 2.37. The van der Waals surface area contributed by atoms with Crippen LogP contribution < -0.4 is 13.2 Å². The predicted molar refractivity (Wildman–Crippen MR) is 99.5 cm³/mol. The number of nitrogens with zero attached hydrogens (tertiary/aromatic N) is 5. The second-order valence-corrected chi connectivity index (χ2v) is 9.45. The number of imidazole rings is 1. The van der Waals surface area contributed by atoms with Gasteiger partial charge in [-0.15, -0.1) is 3.71 Å². The van der Waals surface area contributed by atoms with Crippen LogP contribution in [0.5, 0.6) is 11.8 Å². The summed E-state index contributed by atoms with van der Waals surface area (Å²) in [6, 6.07) is 6.15. The third-order valence-corrected chi connectivity index (χ3v) is 7.83. The fraction of sp³-hybridized carbons (Fsp3) is 0.267. The van der Waals surface area contributed by atoms with Crippen molar-refractivity contribution in [1.29, 1.82) is 0 Å². The average molecular weight is 427 g/mol. The third kappa shape index (κ3) is 3.33. The van der Waals surface area contributed by atoms with Crippen molar-refractivity contribution < 1.29 is 26.3 Å². The highest BCUT2D eigenvalue weighted by Crippen LogP contribution is 2.28. The number of rotatable bonds is 7. The van der Waals surface area contributed by atoms with E-state index in [2.05, 4.69) is 15.0 Å². The first-order chi connectivity index (χ1) is 13.2. The number of hydrogen-bond donors (Lipinski definition) is 0. The third-order valence-electron chi connectivity index (χ3n) is 3.73. The molecule has 3 aromatic rings. The summed E-state index contributed by atoms with van der Waals surface area (Å²) in [6.07, 6.45) is 2.53. The van der Waals surface area contributed by atoms with E-state index in [4.69, 9.17) is 9.47 Å². The van der Waals surface area contributed by atoms with Crippen LogP contribution in [0.4, 0.5) is 5.95 Å². The van der Waals surface area contributed by atoms with Gasteiger partial charge in [0.15, 0.2) is 5.03 Å². The van der Waals surface area contributed by atoms with E-state index in [0.717, 1.165) is 6.20 Å². The van der Waals surface area contributed by atoms with Crippen LogP contribution in [0.3, 0.4) is 0 Å². The molecule has 0 fully saturated rings. The molecule has 0 N–H and O–H groups in total. The highest BCUT2D eigenvalue weighted by molar-refractivity contribution is 8.10. The topological polar surface area (TPSA) is 133 Å². The lowest BCUT2D eigenvalue weighted by molar-refractivity contribution is 0.372. The standard InChI is InChI=1S/C15H17N5O6S2/c1-4-27(21,22)20(15-17-12(25-2)9-13(18-15)26-3)28(23,24)14-10-16-11-7-5-6-8-19(11)14/h5-10H,4H2,1-3H3. The SMILES string of the molecule is CCS(=O)(=O)N(c1nc(OC)cc(OC)n1)S(=O)(=O)c1cnc2ccccn12. The summed E-state index contributed by atoms with van der Waals surface area (Å²) >= 11 is 0. The van der Waals surface area contributed by atoms with Crippen LogP contribution in [0.15, 0.2) is 41.7 Å². The Labute approximate surface area is 161 Å². The molecule has 0 spiro atoms. The minimum absolute atomic E-state index is 0.0634. The molecule has 11 nitrogen and oxygen atoms in total. The molecule has 0 radical (unpaired) electrons. The van der Waals surface area contributed by atoms with E-state index in [-0.39, 0.29) is 20.5 Å². The lowest BCUT2D eigenvalue weighted by Crippen LogP contribution is -2.39. The second kappa shape index (κ2) is 7.24. The van der Waals surface area contributed by atoms with Crippen molar-refractivity contribution in [2.45, 2.75) is 11.9 Å². The van der Waals surface area contributed by atoms with E-state index < -0.39 is 31.7 Å². The first-order valence-corrected chi connectivity index (χ1v) is 11.0. The van der Waals surface area contributed by atoms with Gasteiger partial charge in [0.1, 0.15) is 5.65 Å². The zero-order chi connectivity index (χ0) is 20.5. The van der Waals surface area contributed by atoms with Gasteiger partial charge in [-0.05, 0) is 19.1 Å². The van der Waals surface area contributed by atoms with Crippen LogP contribution in [0.1, 0.15) is 6.92 Å². The van der Waals surface area contributed by atoms with Crippen LogP contribution in [-0.4, -0.2) is 56.2 Å². The average Bonchev–Trinajstić information content (AvgIpc) is 3.12. The maximum Gasteiger partial charge on any atom is 0.297 e. The summed E-state index contributed by atoms with van der Waals surface area (Å²) in [5, 5.41) is -0.356. The van der Waals surface area contributed by atoms with Gasteiger partial charge in [0.05, 0.1) is 32.2 Å². The van der Waals surface area contributed by atoms with Crippen LogP contribution in [0.25, 0.3) is 5.65 Å². The molecule has 3 heterocycles. The van der Waals surface area contributed by atoms with E-state index in [1.807, 2.05) is 0 Å². The Morgan fingerprint density at radius 3 is 2.29 bits per heavy atom. The molecule has 0 aromatic carbocycles. The number of fused-ring (bicyclic) bond motifs is 1. The number of sulfonamides is 2. The minimum atomic E-state index is -4.65. The highest BCUT2D eigenvalue weighted by atomic mass is 32.3. The first kappa shape index (κ1) is 19.8. The molecule has 0 aliphatic rings. The minimum Gasteiger partial charge on any atom is -0.481 e. The number of methoxy groups -OCH3 is 2. The second-order valence-electron chi connectivity index (χ2n) is 5.38. The van der Waals surface area contributed by atoms with E-state index in [1.165, 1.54) is 37.8 Å². The van der Waals surface area contributed by atoms with Crippen molar-refractivity contribution >= 4 is 31.6 Å². The van der Waals surface area contributed by atoms with Gasteiger partial charge in [0.2, 0.25) is 11.8 Å². The van der Waals surface area contributed by atoms with Gasteiger partial charge in [0.25, 0.3) is 26.0 Å². The van der Waals surface area contributed by atoms with Crippen molar-refractivity contribution in [3.05, 3.63) is 36.7 Å². The van der Waals surface area contributed by atoms with Crippen molar-refractivity contribution in [3.63, 3.8) is 0 Å². The smallest absolute Gasteiger partial charge is 0.297 e. The molecule has 0 saturated carbocycles. The molecule has 3 aromatic heterocycles. The molecule has 0 atom stereocenters. The number of aromatic nitrogens is 4. The summed E-state index contributed by atoms with van der Waals surface area (Å²) in [4.78, 5) is 11.8.